The van der Waals surface area contributed by atoms with Crippen molar-refractivity contribution in [2.75, 3.05) is 0 Å². The number of benzene rings is 2. The van der Waals surface area contributed by atoms with Gasteiger partial charge in [-0.2, -0.15) is 0 Å². The van der Waals surface area contributed by atoms with Gasteiger partial charge in [0.15, 0.2) is 0 Å². The summed E-state index contributed by atoms with van der Waals surface area (Å²) < 4.78 is 13.3. The van der Waals surface area contributed by atoms with E-state index < -0.39 is 0 Å². The number of rotatable bonds is 2. The molecule has 0 atom stereocenters. The van der Waals surface area contributed by atoms with Gasteiger partial charge in [0.05, 0.1) is 12.5 Å². The van der Waals surface area contributed by atoms with Gasteiger partial charge in [-0.25, -0.2) is 0 Å². The molecule has 3 heteroatoms. The van der Waals surface area contributed by atoms with Crippen LogP contribution in [0.2, 0.25) is 0 Å². The van der Waals surface area contributed by atoms with Gasteiger partial charge < -0.3 is 13.4 Å². The lowest BCUT2D eigenvalue weighted by molar-refractivity contribution is 0.582. The second-order valence-electron chi connectivity index (χ2n) is 5.98. The van der Waals surface area contributed by atoms with E-state index in [4.69, 9.17) is 8.83 Å². The molecule has 0 aliphatic heterocycles. The first kappa shape index (κ1) is 13.3. The highest BCUT2D eigenvalue weighted by molar-refractivity contribution is 6.09. The highest BCUT2D eigenvalue weighted by atomic mass is 16.3. The maximum atomic E-state index is 5.53. The number of hydrogen-bond acceptors (Lipinski definition) is 2. The average Bonchev–Trinajstić information content (AvgIpc) is 3.36. The van der Waals surface area contributed by atoms with Crippen molar-refractivity contribution in [3.63, 3.8) is 0 Å². The number of aromatic nitrogens is 1. The Hall–Kier alpha value is -3.20. The standard InChI is InChI=1S/C21H15NO2/c1-22-18-12-14(20-4-2-10-23-20)6-8-16(18)17-9-7-15(13-19(17)22)21-5-3-11-24-21/h2-13H,1H3. The van der Waals surface area contributed by atoms with Crippen LogP contribution in [0, 0.1) is 0 Å². The van der Waals surface area contributed by atoms with Gasteiger partial charge in [0.1, 0.15) is 11.5 Å². The number of fused-ring (bicyclic) bond motifs is 3. The van der Waals surface area contributed by atoms with E-state index in [1.54, 1.807) is 12.5 Å². The predicted molar refractivity (Wildman–Crippen MR) is 95.8 cm³/mol. The molecule has 0 unspecified atom stereocenters. The highest BCUT2D eigenvalue weighted by Crippen LogP contribution is 2.34. The van der Waals surface area contributed by atoms with Crippen molar-refractivity contribution in [2.24, 2.45) is 7.05 Å². The van der Waals surface area contributed by atoms with E-state index in [-0.39, 0.29) is 0 Å². The van der Waals surface area contributed by atoms with Crippen molar-refractivity contribution in [3.05, 3.63) is 73.2 Å². The fraction of sp³-hybridized carbons (Fsp3) is 0.0476. The molecule has 0 spiro atoms. The largest absolute Gasteiger partial charge is 0.464 e. The number of aryl methyl sites for hydroxylation is 1. The first-order chi connectivity index (χ1) is 11.8. The zero-order valence-electron chi connectivity index (χ0n) is 13.2. The summed E-state index contributed by atoms with van der Waals surface area (Å²) in [5, 5.41) is 2.49. The molecule has 0 aliphatic carbocycles. The summed E-state index contributed by atoms with van der Waals surface area (Å²) in [6.45, 7) is 0. The van der Waals surface area contributed by atoms with Crippen molar-refractivity contribution in [1.82, 2.24) is 4.57 Å². The van der Waals surface area contributed by atoms with Crippen LogP contribution in [0.15, 0.2) is 82.0 Å². The lowest BCUT2D eigenvalue weighted by Crippen LogP contribution is -1.87. The van der Waals surface area contributed by atoms with Crippen LogP contribution in [0.25, 0.3) is 44.5 Å². The Kier molecular flexibility index (Phi) is 2.71. The minimum Gasteiger partial charge on any atom is -0.464 e. The summed E-state index contributed by atoms with van der Waals surface area (Å²) in [7, 11) is 2.10. The van der Waals surface area contributed by atoms with Crippen LogP contribution in [0.4, 0.5) is 0 Å². The second-order valence-corrected chi connectivity index (χ2v) is 5.98. The van der Waals surface area contributed by atoms with Crippen molar-refractivity contribution in [3.8, 4) is 22.6 Å². The molecule has 3 nitrogen and oxygen atoms in total. The molecule has 0 saturated carbocycles. The molecule has 3 heterocycles. The summed E-state index contributed by atoms with van der Waals surface area (Å²) in [5.74, 6) is 1.77. The first-order valence-electron chi connectivity index (χ1n) is 7.91. The van der Waals surface area contributed by atoms with E-state index in [2.05, 4.69) is 48.0 Å². The Morgan fingerprint density at radius 1 is 0.667 bits per heavy atom. The molecule has 0 bridgehead atoms. The van der Waals surface area contributed by atoms with Gasteiger partial charge >= 0.3 is 0 Å². The van der Waals surface area contributed by atoms with Crippen molar-refractivity contribution >= 4 is 21.8 Å². The second kappa shape index (κ2) is 4.90. The molecule has 0 aliphatic rings. The van der Waals surface area contributed by atoms with Crippen LogP contribution in [0.5, 0.6) is 0 Å². The summed E-state index contributed by atoms with van der Waals surface area (Å²) in [4.78, 5) is 0. The molecule has 0 saturated heterocycles. The summed E-state index contributed by atoms with van der Waals surface area (Å²) in [6, 6.07) is 20.7. The lowest BCUT2D eigenvalue weighted by atomic mass is 10.1. The maximum Gasteiger partial charge on any atom is 0.133 e. The fourth-order valence-electron chi connectivity index (χ4n) is 3.40. The Balaban J connectivity index is 1.77. The van der Waals surface area contributed by atoms with Gasteiger partial charge in [-0.1, -0.05) is 24.3 Å². The molecule has 116 valence electrons. The minimum absolute atomic E-state index is 0.887. The third kappa shape index (κ3) is 1.85. The lowest BCUT2D eigenvalue weighted by Gasteiger charge is -2.01. The van der Waals surface area contributed by atoms with Gasteiger partial charge in [-0.3, -0.25) is 0 Å². The Morgan fingerprint density at radius 2 is 1.17 bits per heavy atom. The minimum atomic E-state index is 0.887. The third-order valence-corrected chi connectivity index (χ3v) is 4.62. The zero-order valence-corrected chi connectivity index (χ0v) is 13.2. The highest BCUT2D eigenvalue weighted by Gasteiger charge is 2.12. The van der Waals surface area contributed by atoms with Crippen LogP contribution in [-0.4, -0.2) is 4.57 Å². The van der Waals surface area contributed by atoms with Gasteiger partial charge in [-0.15, -0.1) is 0 Å². The molecule has 5 rings (SSSR count). The van der Waals surface area contributed by atoms with Crippen LogP contribution >= 0.6 is 0 Å². The smallest absolute Gasteiger partial charge is 0.133 e. The van der Waals surface area contributed by atoms with Crippen LogP contribution in [0.1, 0.15) is 0 Å². The molecular weight excluding hydrogens is 298 g/mol. The molecule has 0 fully saturated rings. The van der Waals surface area contributed by atoms with E-state index in [1.807, 2.05) is 24.3 Å². The van der Waals surface area contributed by atoms with Crippen molar-refractivity contribution < 1.29 is 8.83 Å². The van der Waals surface area contributed by atoms with E-state index >= 15 is 0 Å². The normalized spacial score (nSPS) is 11.5. The molecule has 0 amide bonds. The van der Waals surface area contributed by atoms with Gasteiger partial charge in [0.2, 0.25) is 0 Å². The molecule has 3 aromatic heterocycles. The molecular formula is C21H15NO2. The summed E-state index contributed by atoms with van der Waals surface area (Å²) in [5.41, 5.74) is 4.56. The molecule has 0 N–H and O–H groups in total. The number of nitrogens with zero attached hydrogens (tertiary/aromatic N) is 1. The quantitative estimate of drug-likeness (QED) is 0.409. The van der Waals surface area contributed by atoms with Gasteiger partial charge in [-0.05, 0) is 36.4 Å². The summed E-state index contributed by atoms with van der Waals surface area (Å²) >= 11 is 0. The van der Waals surface area contributed by atoms with Crippen molar-refractivity contribution in [2.45, 2.75) is 0 Å². The number of hydrogen-bond donors (Lipinski definition) is 0. The van der Waals surface area contributed by atoms with Gasteiger partial charge in [0, 0.05) is 40.0 Å². The predicted octanol–water partition coefficient (Wildman–Crippen LogP) is 5.85. The van der Waals surface area contributed by atoms with E-state index in [9.17, 15) is 0 Å². The fourth-order valence-corrected chi connectivity index (χ4v) is 3.40. The Bertz CT molecular complexity index is 1050. The summed E-state index contributed by atoms with van der Waals surface area (Å²) in [6.07, 6.45) is 3.41. The molecule has 24 heavy (non-hydrogen) atoms. The maximum absolute atomic E-state index is 5.53. The van der Waals surface area contributed by atoms with Crippen LogP contribution < -0.4 is 0 Å². The van der Waals surface area contributed by atoms with Crippen LogP contribution in [-0.2, 0) is 7.05 Å². The molecule has 2 aromatic carbocycles. The SMILES string of the molecule is Cn1c2cc(-c3ccco3)ccc2c2ccc(-c3ccco3)cc21. The zero-order chi connectivity index (χ0) is 16.1. The Morgan fingerprint density at radius 3 is 1.58 bits per heavy atom. The van der Waals surface area contributed by atoms with E-state index in [1.165, 1.54) is 21.8 Å². The van der Waals surface area contributed by atoms with Gasteiger partial charge in [0.25, 0.3) is 0 Å². The monoisotopic (exact) mass is 313 g/mol. The van der Waals surface area contributed by atoms with E-state index in [0.29, 0.717) is 0 Å². The molecule has 5 aromatic rings. The van der Waals surface area contributed by atoms with Crippen molar-refractivity contribution in [1.29, 1.82) is 0 Å². The average molecular weight is 313 g/mol. The van der Waals surface area contributed by atoms with E-state index in [0.717, 1.165) is 22.6 Å². The molecule has 0 radical (unpaired) electrons. The first-order valence-corrected chi connectivity index (χ1v) is 7.91. The number of furan rings is 2. The van der Waals surface area contributed by atoms with Crippen LogP contribution in [0.3, 0.4) is 0 Å². The Labute approximate surface area is 138 Å². The topological polar surface area (TPSA) is 31.2 Å². The third-order valence-electron chi connectivity index (χ3n) is 4.62.